The van der Waals surface area contributed by atoms with Crippen molar-refractivity contribution in [2.75, 3.05) is 0 Å². The molecule has 1 saturated carbocycles. The van der Waals surface area contributed by atoms with Crippen LogP contribution in [-0.2, 0) is 9.59 Å². The van der Waals surface area contributed by atoms with Gasteiger partial charge in [0.1, 0.15) is 6.04 Å². The van der Waals surface area contributed by atoms with Gasteiger partial charge < -0.3 is 5.11 Å². The molecule has 0 saturated heterocycles. The molecule has 1 heterocycles. The third-order valence-corrected chi connectivity index (χ3v) is 3.63. The lowest BCUT2D eigenvalue weighted by Crippen LogP contribution is -2.59. The highest BCUT2D eigenvalue weighted by Crippen LogP contribution is 2.27. The van der Waals surface area contributed by atoms with Gasteiger partial charge in [0.15, 0.2) is 0 Å². The van der Waals surface area contributed by atoms with Crippen LogP contribution in [0.15, 0.2) is 0 Å². The molecule has 0 aromatic carbocycles. The van der Waals surface area contributed by atoms with Crippen LogP contribution in [0.25, 0.3) is 0 Å². The lowest BCUT2D eigenvalue weighted by atomic mass is 9.88. The van der Waals surface area contributed by atoms with Gasteiger partial charge in [0.25, 0.3) is 5.71 Å². The number of aliphatic carboxylic acids is 1. The molecule has 0 aromatic heterocycles. The summed E-state index contributed by atoms with van der Waals surface area (Å²) in [6.07, 6.45) is 2.84. The Bertz CT molecular complexity index is 406. The van der Waals surface area contributed by atoms with Crippen molar-refractivity contribution < 1.29 is 29.8 Å². The minimum atomic E-state index is -1.04. The summed E-state index contributed by atoms with van der Waals surface area (Å²) in [4.78, 5) is 22.4. The summed E-state index contributed by atoms with van der Waals surface area (Å²) in [6.45, 7) is 0. The quantitative estimate of drug-likeness (QED) is 0.382. The zero-order chi connectivity index (χ0) is 13.3. The fourth-order valence-electron chi connectivity index (χ4n) is 2.69. The number of hydrogen-bond donors (Lipinski definition) is 3. The van der Waals surface area contributed by atoms with Gasteiger partial charge in [-0.25, -0.2) is 5.06 Å². The van der Waals surface area contributed by atoms with Crippen molar-refractivity contribution >= 4 is 17.6 Å². The molecule has 18 heavy (non-hydrogen) atoms. The van der Waals surface area contributed by atoms with Crippen molar-refractivity contribution in [3.05, 3.63) is 0 Å². The molecule has 3 N–H and O–H groups in total. The zero-order valence-corrected chi connectivity index (χ0v) is 9.95. The van der Waals surface area contributed by atoms with E-state index in [2.05, 4.69) is 0 Å². The van der Waals surface area contributed by atoms with Gasteiger partial charge in [0, 0.05) is 6.42 Å². The zero-order valence-electron chi connectivity index (χ0n) is 9.95. The van der Waals surface area contributed by atoms with Gasteiger partial charge in [-0.2, -0.15) is 0 Å². The second-order valence-electron chi connectivity index (χ2n) is 4.75. The van der Waals surface area contributed by atoms with E-state index in [0.717, 1.165) is 17.6 Å². The topological polar surface area (TPSA) is 101 Å². The Morgan fingerprint density at radius 3 is 2.72 bits per heavy atom. The van der Waals surface area contributed by atoms with E-state index in [4.69, 9.17) is 5.11 Å². The molecule has 1 amide bonds. The molecule has 2 atom stereocenters. The van der Waals surface area contributed by atoms with Gasteiger partial charge in [0.2, 0.25) is 6.04 Å². The molecule has 1 aliphatic heterocycles. The van der Waals surface area contributed by atoms with E-state index in [1.54, 1.807) is 0 Å². The van der Waals surface area contributed by atoms with Crippen LogP contribution < -0.4 is 0 Å². The van der Waals surface area contributed by atoms with Crippen LogP contribution in [0.3, 0.4) is 0 Å². The molecule has 2 aliphatic rings. The largest absolute Gasteiger partial charge is 0.481 e. The number of carbonyl (C=O) groups is 2. The normalized spacial score (nSPS) is 28.3. The number of carboxylic acid groups (broad SMARTS) is 1. The fraction of sp³-hybridized carbons (Fsp3) is 0.727. The monoisotopic (exact) mass is 257 g/mol. The fourth-order valence-corrected chi connectivity index (χ4v) is 2.69. The van der Waals surface area contributed by atoms with Gasteiger partial charge in [0.05, 0.1) is 12.8 Å². The third kappa shape index (κ3) is 2.17. The first-order valence-corrected chi connectivity index (χ1v) is 6.10. The molecule has 0 bridgehead atoms. The van der Waals surface area contributed by atoms with E-state index < -0.39 is 17.9 Å². The highest BCUT2D eigenvalue weighted by atomic mass is 16.5. The molecule has 1 unspecified atom stereocenters. The number of carbonyl (C=O) groups excluding carboxylic acids is 1. The van der Waals surface area contributed by atoms with E-state index in [0.29, 0.717) is 17.9 Å². The number of rotatable bonds is 3. The van der Waals surface area contributed by atoms with E-state index in [9.17, 15) is 20.0 Å². The van der Waals surface area contributed by atoms with E-state index in [1.807, 2.05) is 0 Å². The average molecular weight is 257 g/mol. The van der Waals surface area contributed by atoms with E-state index in [-0.39, 0.29) is 24.6 Å². The van der Waals surface area contributed by atoms with Crippen LogP contribution in [0, 0.1) is 0 Å². The van der Waals surface area contributed by atoms with Gasteiger partial charge in [-0.1, -0.05) is 6.42 Å². The number of hydroxylamine groups is 3. The predicted molar refractivity (Wildman–Crippen MR) is 58.6 cm³/mol. The van der Waals surface area contributed by atoms with Crippen molar-refractivity contribution in [3.63, 3.8) is 0 Å². The summed E-state index contributed by atoms with van der Waals surface area (Å²) in [5.74, 6) is -1.74. The highest BCUT2D eigenvalue weighted by Gasteiger charge is 2.49. The Morgan fingerprint density at radius 2 is 2.06 bits per heavy atom. The highest BCUT2D eigenvalue weighted by molar-refractivity contribution is 6.36. The molecule has 1 aliphatic carbocycles. The maximum atomic E-state index is 11.8. The third-order valence-electron chi connectivity index (χ3n) is 3.63. The van der Waals surface area contributed by atoms with Gasteiger partial charge >= 0.3 is 11.9 Å². The Morgan fingerprint density at radius 1 is 1.39 bits per heavy atom. The Hall–Kier alpha value is -1.63. The Labute approximate surface area is 104 Å². The second-order valence-corrected chi connectivity index (χ2v) is 4.75. The van der Waals surface area contributed by atoms with Gasteiger partial charge in [-0.15, -0.1) is 0 Å². The smallest absolute Gasteiger partial charge is 0.342 e. The second kappa shape index (κ2) is 4.93. The van der Waals surface area contributed by atoms with Gasteiger partial charge in [-0.3, -0.25) is 20.0 Å². The summed E-state index contributed by atoms with van der Waals surface area (Å²) in [6, 6.07) is -0.727. The standard InChI is InChI=1S/C11H16N2O5/c14-10(15)6-5-9-11(16)13(18)8-4-2-1-3-7(8)12(9)17/h7-8,18H,1-6H2,(H-,14,15,16,17)/p+1/t7?,8-/m0/s1. The van der Waals surface area contributed by atoms with Crippen LogP contribution in [0.1, 0.15) is 38.5 Å². The van der Waals surface area contributed by atoms with E-state index in [1.165, 1.54) is 0 Å². The number of hydrogen-bond acceptors (Lipinski definition) is 4. The molecule has 100 valence electrons. The Balaban J connectivity index is 2.24. The van der Waals surface area contributed by atoms with Crippen LogP contribution in [-0.4, -0.2) is 55.0 Å². The minimum absolute atomic E-state index is 0.0388. The maximum absolute atomic E-state index is 11.8. The molecule has 7 nitrogen and oxygen atoms in total. The molecular weight excluding hydrogens is 240 g/mol. The van der Waals surface area contributed by atoms with Crippen LogP contribution >= 0.6 is 0 Å². The van der Waals surface area contributed by atoms with Crippen molar-refractivity contribution in [2.24, 2.45) is 0 Å². The minimum Gasteiger partial charge on any atom is -0.481 e. The lowest BCUT2D eigenvalue weighted by Gasteiger charge is -2.34. The molecule has 0 spiro atoms. The number of carboxylic acids is 1. The SMILES string of the molecule is O=C(O)CCC1=[N+](O)C2CCCC[C@@H]2N(O)C1=O. The summed E-state index contributed by atoms with van der Waals surface area (Å²) in [5.41, 5.74) is -0.0388. The number of nitrogens with zero attached hydrogens (tertiary/aromatic N) is 2. The van der Waals surface area contributed by atoms with Crippen molar-refractivity contribution in [1.29, 1.82) is 0 Å². The van der Waals surface area contributed by atoms with Crippen molar-refractivity contribution in [1.82, 2.24) is 5.06 Å². The first-order valence-electron chi connectivity index (χ1n) is 6.10. The average Bonchev–Trinajstić information content (AvgIpc) is 2.36. The molecule has 0 radical (unpaired) electrons. The predicted octanol–water partition coefficient (Wildman–Crippen LogP) is 0.236. The Kier molecular flexibility index (Phi) is 3.51. The molecular formula is C11H17N2O5+. The molecule has 2 rings (SSSR count). The summed E-state index contributed by atoms with van der Waals surface area (Å²) in [5, 5.41) is 29.1. The first kappa shape index (κ1) is 12.8. The first-order chi connectivity index (χ1) is 8.52. The van der Waals surface area contributed by atoms with E-state index >= 15 is 0 Å². The molecule has 7 heteroatoms. The summed E-state index contributed by atoms with van der Waals surface area (Å²) in [7, 11) is 0. The van der Waals surface area contributed by atoms with Crippen LogP contribution in [0.5, 0.6) is 0 Å². The summed E-state index contributed by atoms with van der Waals surface area (Å²) >= 11 is 0. The van der Waals surface area contributed by atoms with Crippen LogP contribution in [0.4, 0.5) is 0 Å². The van der Waals surface area contributed by atoms with Crippen molar-refractivity contribution in [3.8, 4) is 0 Å². The number of amides is 1. The summed E-state index contributed by atoms with van der Waals surface area (Å²) < 4.78 is 0.877. The van der Waals surface area contributed by atoms with Crippen molar-refractivity contribution in [2.45, 2.75) is 50.6 Å². The maximum Gasteiger partial charge on any atom is 0.342 e. The molecule has 0 aromatic rings. The van der Waals surface area contributed by atoms with Crippen LogP contribution in [0.2, 0.25) is 0 Å². The lowest BCUT2D eigenvalue weighted by molar-refractivity contribution is -0.806. The molecule has 1 fully saturated rings. The number of fused-ring (bicyclic) bond motifs is 1. The van der Waals surface area contributed by atoms with Gasteiger partial charge in [-0.05, 0) is 17.6 Å².